The second-order valence-electron chi connectivity index (χ2n) is 4.88. The molecule has 1 aromatic carbocycles. The van der Waals surface area contributed by atoms with Crippen molar-refractivity contribution in [1.82, 2.24) is 0 Å². The third kappa shape index (κ3) is 1.82. The molecule has 1 aliphatic carbocycles. The largest absolute Gasteiger partial charge is 0.387 e. The van der Waals surface area contributed by atoms with Crippen LogP contribution in [0.3, 0.4) is 0 Å². The van der Waals surface area contributed by atoms with E-state index in [9.17, 15) is 0 Å². The summed E-state index contributed by atoms with van der Waals surface area (Å²) in [6.45, 7) is 1.90. The molecular weight excluding hydrogens is 210 g/mol. The zero-order valence-electron chi connectivity index (χ0n) is 9.82. The van der Waals surface area contributed by atoms with Gasteiger partial charge in [-0.25, -0.2) is 0 Å². The summed E-state index contributed by atoms with van der Waals surface area (Å²) in [5.41, 5.74) is 9.60. The number of anilines is 1. The highest BCUT2D eigenvalue weighted by Crippen LogP contribution is 2.28. The topological polar surface area (TPSA) is 53.1 Å². The van der Waals surface area contributed by atoms with E-state index in [1.165, 1.54) is 16.8 Å². The molecule has 0 spiro atoms. The van der Waals surface area contributed by atoms with Crippen LogP contribution in [0.25, 0.3) is 6.08 Å². The Morgan fingerprint density at radius 1 is 1.41 bits per heavy atom. The summed E-state index contributed by atoms with van der Waals surface area (Å²) in [5, 5.41) is 7.51. The Balaban J connectivity index is 1.80. The first-order valence-electron chi connectivity index (χ1n) is 6.12. The van der Waals surface area contributed by atoms with Gasteiger partial charge >= 0.3 is 0 Å². The Kier molecular flexibility index (Phi) is 2.39. The Bertz CT molecular complexity index is 490. The van der Waals surface area contributed by atoms with Gasteiger partial charge in [-0.2, -0.15) is 0 Å². The van der Waals surface area contributed by atoms with Crippen LogP contribution in [0.2, 0.25) is 0 Å². The van der Waals surface area contributed by atoms with E-state index in [2.05, 4.69) is 35.3 Å². The van der Waals surface area contributed by atoms with E-state index in [0.29, 0.717) is 5.84 Å². The molecule has 2 aliphatic rings. The molecule has 1 fully saturated rings. The Hall–Kier alpha value is -1.77. The molecule has 17 heavy (non-hydrogen) atoms. The van der Waals surface area contributed by atoms with E-state index in [4.69, 9.17) is 11.1 Å². The maximum Gasteiger partial charge on any atom is 0.0955 e. The van der Waals surface area contributed by atoms with Gasteiger partial charge in [-0.05, 0) is 36.1 Å². The molecule has 0 saturated carbocycles. The minimum atomic E-state index is 0.237. The van der Waals surface area contributed by atoms with Crippen molar-refractivity contribution in [3.63, 3.8) is 0 Å². The van der Waals surface area contributed by atoms with E-state index >= 15 is 0 Å². The minimum absolute atomic E-state index is 0.237. The molecule has 1 atom stereocenters. The van der Waals surface area contributed by atoms with Gasteiger partial charge in [-0.3, -0.25) is 5.41 Å². The van der Waals surface area contributed by atoms with Crippen LogP contribution in [-0.2, 0) is 6.42 Å². The summed E-state index contributed by atoms with van der Waals surface area (Å²) in [7, 11) is 0. The van der Waals surface area contributed by atoms with Gasteiger partial charge in [-0.1, -0.05) is 18.2 Å². The summed E-state index contributed by atoms with van der Waals surface area (Å²) >= 11 is 0. The molecule has 0 radical (unpaired) electrons. The van der Waals surface area contributed by atoms with Crippen LogP contribution in [0.1, 0.15) is 17.5 Å². The fourth-order valence-electron chi connectivity index (χ4n) is 2.69. The number of rotatable bonds is 2. The fraction of sp³-hybridized carbons (Fsp3) is 0.357. The van der Waals surface area contributed by atoms with Gasteiger partial charge in [0.1, 0.15) is 0 Å². The average Bonchev–Trinajstić information content (AvgIpc) is 2.97. The molecule has 3 N–H and O–H groups in total. The second kappa shape index (κ2) is 3.91. The van der Waals surface area contributed by atoms with E-state index in [1.807, 2.05) is 0 Å². The maximum absolute atomic E-state index is 7.51. The number of allylic oxidation sites excluding steroid dienone is 1. The van der Waals surface area contributed by atoms with Crippen molar-refractivity contribution in [2.24, 2.45) is 11.7 Å². The Morgan fingerprint density at radius 3 is 3.06 bits per heavy atom. The maximum atomic E-state index is 7.51. The van der Waals surface area contributed by atoms with E-state index in [-0.39, 0.29) is 5.92 Å². The molecule has 3 heteroatoms. The zero-order valence-corrected chi connectivity index (χ0v) is 9.82. The van der Waals surface area contributed by atoms with Crippen LogP contribution in [0, 0.1) is 11.3 Å². The predicted octanol–water partition coefficient (Wildman–Crippen LogP) is 2.02. The highest BCUT2D eigenvalue weighted by atomic mass is 15.2. The number of nitrogens with zero attached hydrogens (tertiary/aromatic N) is 1. The van der Waals surface area contributed by atoms with Crippen LogP contribution in [0.4, 0.5) is 5.69 Å². The molecule has 3 nitrogen and oxygen atoms in total. The quantitative estimate of drug-likeness (QED) is 0.600. The Morgan fingerprint density at radius 2 is 2.29 bits per heavy atom. The number of hydrogen-bond donors (Lipinski definition) is 2. The lowest BCUT2D eigenvalue weighted by molar-refractivity contribution is 0.770. The SMILES string of the molecule is N=C(N)[C@@H]1CCN(c2ccc3c(c2)CC=C3)C1. The highest BCUT2D eigenvalue weighted by molar-refractivity contribution is 5.81. The smallest absolute Gasteiger partial charge is 0.0955 e. The lowest BCUT2D eigenvalue weighted by Gasteiger charge is -2.19. The third-order valence-corrected chi connectivity index (χ3v) is 3.75. The number of nitrogens with two attached hydrogens (primary N) is 1. The molecule has 0 aromatic heterocycles. The molecule has 1 saturated heterocycles. The summed E-state index contributed by atoms with van der Waals surface area (Å²) < 4.78 is 0. The fourth-order valence-corrected chi connectivity index (χ4v) is 2.69. The molecule has 0 unspecified atom stereocenters. The molecule has 88 valence electrons. The molecule has 0 bridgehead atoms. The van der Waals surface area contributed by atoms with E-state index in [1.54, 1.807) is 0 Å². The van der Waals surface area contributed by atoms with Crippen LogP contribution < -0.4 is 10.6 Å². The number of fused-ring (bicyclic) bond motifs is 1. The first kappa shape index (κ1) is 10.4. The van der Waals surface area contributed by atoms with Gasteiger partial charge in [0.25, 0.3) is 0 Å². The van der Waals surface area contributed by atoms with Crippen molar-refractivity contribution in [3.8, 4) is 0 Å². The van der Waals surface area contributed by atoms with Gasteiger partial charge in [-0.15, -0.1) is 0 Å². The van der Waals surface area contributed by atoms with Gasteiger partial charge in [0.2, 0.25) is 0 Å². The van der Waals surface area contributed by atoms with Crippen LogP contribution in [0.5, 0.6) is 0 Å². The summed E-state index contributed by atoms with van der Waals surface area (Å²) in [5.74, 6) is 0.566. The van der Waals surface area contributed by atoms with Crippen LogP contribution in [0.15, 0.2) is 24.3 Å². The van der Waals surface area contributed by atoms with Crippen molar-refractivity contribution in [1.29, 1.82) is 5.41 Å². The lowest BCUT2D eigenvalue weighted by atomic mass is 10.1. The third-order valence-electron chi connectivity index (χ3n) is 3.75. The summed E-state index contributed by atoms with van der Waals surface area (Å²) in [6, 6.07) is 6.64. The van der Waals surface area contributed by atoms with Crippen molar-refractivity contribution in [2.75, 3.05) is 18.0 Å². The zero-order chi connectivity index (χ0) is 11.8. The average molecular weight is 227 g/mol. The molecule has 1 aromatic rings. The second-order valence-corrected chi connectivity index (χ2v) is 4.88. The van der Waals surface area contributed by atoms with Crippen molar-refractivity contribution >= 4 is 17.6 Å². The van der Waals surface area contributed by atoms with Crippen molar-refractivity contribution in [3.05, 3.63) is 35.4 Å². The molecular formula is C14H17N3. The predicted molar refractivity (Wildman–Crippen MR) is 71.4 cm³/mol. The van der Waals surface area contributed by atoms with E-state index < -0.39 is 0 Å². The van der Waals surface area contributed by atoms with Crippen molar-refractivity contribution < 1.29 is 0 Å². The molecule has 1 heterocycles. The molecule has 1 aliphatic heterocycles. The molecule has 0 amide bonds. The molecule has 3 rings (SSSR count). The van der Waals surface area contributed by atoms with Gasteiger partial charge in [0.15, 0.2) is 0 Å². The standard InChI is InChI=1S/C14H17N3/c15-14(16)12-6-7-17(9-12)13-5-4-10-2-1-3-11(10)8-13/h1-2,4-5,8,12H,3,6-7,9H2,(H3,15,16)/t12-/m1/s1. The number of hydrogen-bond acceptors (Lipinski definition) is 2. The summed E-state index contributed by atoms with van der Waals surface area (Å²) in [4.78, 5) is 2.34. The first-order valence-corrected chi connectivity index (χ1v) is 6.12. The van der Waals surface area contributed by atoms with Gasteiger partial charge < -0.3 is 10.6 Å². The van der Waals surface area contributed by atoms with Crippen LogP contribution >= 0.6 is 0 Å². The number of benzene rings is 1. The monoisotopic (exact) mass is 227 g/mol. The Labute approximate surface area is 101 Å². The van der Waals surface area contributed by atoms with Gasteiger partial charge in [0.05, 0.1) is 5.84 Å². The van der Waals surface area contributed by atoms with Crippen LogP contribution in [-0.4, -0.2) is 18.9 Å². The van der Waals surface area contributed by atoms with Crippen molar-refractivity contribution in [2.45, 2.75) is 12.8 Å². The number of amidine groups is 1. The van der Waals surface area contributed by atoms with E-state index in [0.717, 1.165) is 25.9 Å². The highest BCUT2D eigenvalue weighted by Gasteiger charge is 2.25. The normalized spacial score (nSPS) is 21.9. The first-order chi connectivity index (χ1) is 8.24. The van der Waals surface area contributed by atoms with Gasteiger partial charge in [0, 0.05) is 24.7 Å². The summed E-state index contributed by atoms with van der Waals surface area (Å²) in [6.07, 6.45) is 6.44. The minimum Gasteiger partial charge on any atom is -0.387 e. The lowest BCUT2D eigenvalue weighted by Crippen LogP contribution is -2.26. The number of nitrogens with one attached hydrogen (secondary N) is 1.